The van der Waals surface area contributed by atoms with Crippen molar-refractivity contribution in [2.75, 3.05) is 31.1 Å². The number of aromatic nitrogens is 3. The van der Waals surface area contributed by atoms with E-state index in [1.807, 2.05) is 29.2 Å². The van der Waals surface area contributed by atoms with Gasteiger partial charge in [-0.15, -0.1) is 5.10 Å². The first-order valence-electron chi connectivity index (χ1n) is 8.27. The molecule has 0 aliphatic carbocycles. The number of piperazine rings is 1. The van der Waals surface area contributed by atoms with Gasteiger partial charge in [-0.1, -0.05) is 17.3 Å². The molecule has 0 saturated carbocycles. The third-order valence-corrected chi connectivity index (χ3v) is 4.53. The van der Waals surface area contributed by atoms with Crippen molar-refractivity contribution in [1.82, 2.24) is 19.9 Å². The number of rotatable bonds is 3. The second kappa shape index (κ2) is 6.51. The Hall–Kier alpha value is -2.96. The van der Waals surface area contributed by atoms with E-state index in [-0.39, 0.29) is 18.3 Å². The van der Waals surface area contributed by atoms with Crippen LogP contribution in [-0.4, -0.2) is 52.0 Å². The fourth-order valence-electron chi connectivity index (χ4n) is 3.13. The van der Waals surface area contributed by atoms with E-state index in [1.54, 1.807) is 16.8 Å². The normalized spacial score (nSPS) is 14.9. The Balaban J connectivity index is 1.39. The van der Waals surface area contributed by atoms with Crippen molar-refractivity contribution in [2.24, 2.45) is 0 Å². The predicted octanol–water partition coefficient (Wildman–Crippen LogP) is 1.92. The monoisotopic (exact) mass is 339 g/mol. The van der Waals surface area contributed by atoms with Gasteiger partial charge in [0, 0.05) is 31.9 Å². The highest BCUT2D eigenvalue weighted by Gasteiger charge is 2.22. The molecule has 0 bridgehead atoms. The van der Waals surface area contributed by atoms with Gasteiger partial charge in [0.1, 0.15) is 17.9 Å². The first-order valence-corrected chi connectivity index (χ1v) is 8.27. The molecule has 0 atom stereocenters. The molecular weight excluding hydrogens is 321 g/mol. The van der Waals surface area contributed by atoms with Crippen molar-refractivity contribution < 1.29 is 9.18 Å². The molecule has 0 unspecified atom stereocenters. The first-order chi connectivity index (χ1) is 12.2. The molecule has 1 aliphatic rings. The van der Waals surface area contributed by atoms with Gasteiger partial charge < -0.3 is 9.80 Å². The van der Waals surface area contributed by atoms with Gasteiger partial charge >= 0.3 is 0 Å². The van der Waals surface area contributed by atoms with Crippen LogP contribution in [0, 0.1) is 5.82 Å². The van der Waals surface area contributed by atoms with Crippen LogP contribution in [0.5, 0.6) is 0 Å². The number of halogens is 1. The topological polar surface area (TPSA) is 54.3 Å². The van der Waals surface area contributed by atoms with Gasteiger partial charge in [0.05, 0.1) is 5.52 Å². The molecule has 3 aromatic rings. The molecule has 1 aliphatic heterocycles. The van der Waals surface area contributed by atoms with Crippen molar-refractivity contribution in [2.45, 2.75) is 6.54 Å². The standard InChI is InChI=1S/C18H18FN5O/c19-14-5-7-15(8-6-14)22-9-11-23(12-10-22)18(25)13-24-17-4-2-1-3-16(17)20-21-24/h1-8H,9-13H2. The number of carbonyl (C=O) groups excluding carboxylic acids is 1. The van der Waals surface area contributed by atoms with E-state index >= 15 is 0 Å². The van der Waals surface area contributed by atoms with E-state index in [2.05, 4.69) is 15.2 Å². The lowest BCUT2D eigenvalue weighted by Crippen LogP contribution is -2.49. The van der Waals surface area contributed by atoms with Crippen LogP contribution in [0.15, 0.2) is 48.5 Å². The van der Waals surface area contributed by atoms with Crippen LogP contribution in [0.25, 0.3) is 11.0 Å². The fraction of sp³-hybridized carbons (Fsp3) is 0.278. The van der Waals surface area contributed by atoms with Gasteiger partial charge in [-0.25, -0.2) is 9.07 Å². The third-order valence-electron chi connectivity index (χ3n) is 4.53. The Kier molecular flexibility index (Phi) is 4.05. The Bertz CT molecular complexity index is 884. The summed E-state index contributed by atoms with van der Waals surface area (Å²) in [7, 11) is 0. The zero-order valence-electron chi connectivity index (χ0n) is 13.7. The van der Waals surface area contributed by atoms with E-state index in [1.165, 1.54) is 12.1 Å². The lowest BCUT2D eigenvalue weighted by molar-refractivity contribution is -0.132. The minimum absolute atomic E-state index is 0.0365. The highest BCUT2D eigenvalue weighted by atomic mass is 19.1. The highest BCUT2D eigenvalue weighted by molar-refractivity contribution is 5.80. The van der Waals surface area contributed by atoms with Crippen molar-refractivity contribution in [3.63, 3.8) is 0 Å². The molecule has 4 rings (SSSR count). The summed E-state index contributed by atoms with van der Waals surface area (Å²) in [5.41, 5.74) is 2.63. The lowest BCUT2D eigenvalue weighted by Gasteiger charge is -2.36. The average molecular weight is 339 g/mol. The van der Waals surface area contributed by atoms with Gasteiger partial charge in [0.25, 0.3) is 0 Å². The molecule has 1 fully saturated rings. The van der Waals surface area contributed by atoms with Crippen molar-refractivity contribution >= 4 is 22.6 Å². The number of nitrogens with zero attached hydrogens (tertiary/aromatic N) is 5. The minimum Gasteiger partial charge on any atom is -0.368 e. The molecule has 1 saturated heterocycles. The Morgan fingerprint density at radius 3 is 2.48 bits per heavy atom. The zero-order chi connectivity index (χ0) is 17.2. The van der Waals surface area contributed by atoms with Gasteiger partial charge in [-0.05, 0) is 36.4 Å². The smallest absolute Gasteiger partial charge is 0.244 e. The highest BCUT2D eigenvalue weighted by Crippen LogP contribution is 2.17. The molecule has 2 heterocycles. The second-order valence-electron chi connectivity index (χ2n) is 6.08. The summed E-state index contributed by atoms with van der Waals surface area (Å²) in [6.07, 6.45) is 0. The summed E-state index contributed by atoms with van der Waals surface area (Å²) < 4.78 is 14.7. The molecule has 7 heteroatoms. The van der Waals surface area contributed by atoms with Crippen LogP contribution in [0.1, 0.15) is 0 Å². The van der Waals surface area contributed by atoms with Crippen LogP contribution in [0.3, 0.4) is 0 Å². The third kappa shape index (κ3) is 3.17. The molecule has 0 spiro atoms. The van der Waals surface area contributed by atoms with Crippen molar-refractivity contribution in [1.29, 1.82) is 0 Å². The lowest BCUT2D eigenvalue weighted by atomic mass is 10.2. The fourth-order valence-corrected chi connectivity index (χ4v) is 3.13. The number of carbonyl (C=O) groups is 1. The summed E-state index contributed by atoms with van der Waals surface area (Å²) in [5, 5.41) is 8.15. The molecule has 0 radical (unpaired) electrons. The number of benzene rings is 2. The molecule has 6 nitrogen and oxygen atoms in total. The maximum Gasteiger partial charge on any atom is 0.244 e. The number of para-hydroxylation sites is 1. The molecule has 25 heavy (non-hydrogen) atoms. The summed E-state index contributed by atoms with van der Waals surface area (Å²) in [6.45, 7) is 2.94. The maximum atomic E-state index is 13.0. The van der Waals surface area contributed by atoms with Crippen LogP contribution in [0.2, 0.25) is 0 Å². The summed E-state index contributed by atoms with van der Waals surface area (Å²) in [4.78, 5) is 16.6. The predicted molar refractivity (Wildman–Crippen MR) is 92.7 cm³/mol. The Labute approximate surface area is 144 Å². The number of amides is 1. The molecule has 1 amide bonds. The van der Waals surface area contributed by atoms with E-state index in [0.717, 1.165) is 29.8 Å². The van der Waals surface area contributed by atoms with Gasteiger partial charge in [0.2, 0.25) is 5.91 Å². The molecule has 1 aromatic heterocycles. The number of hydrogen-bond acceptors (Lipinski definition) is 4. The van der Waals surface area contributed by atoms with E-state index in [4.69, 9.17) is 0 Å². The van der Waals surface area contributed by atoms with Gasteiger partial charge in [-0.2, -0.15) is 0 Å². The maximum absolute atomic E-state index is 13.0. The molecule has 0 N–H and O–H groups in total. The van der Waals surface area contributed by atoms with E-state index in [9.17, 15) is 9.18 Å². The van der Waals surface area contributed by atoms with E-state index < -0.39 is 0 Å². The van der Waals surface area contributed by atoms with Crippen LogP contribution < -0.4 is 4.90 Å². The van der Waals surface area contributed by atoms with Crippen LogP contribution in [-0.2, 0) is 11.3 Å². The molecular formula is C18H18FN5O. The van der Waals surface area contributed by atoms with Crippen molar-refractivity contribution in [3.05, 3.63) is 54.3 Å². The summed E-state index contributed by atoms with van der Waals surface area (Å²) in [5.74, 6) is -0.202. The zero-order valence-corrected chi connectivity index (χ0v) is 13.7. The second-order valence-corrected chi connectivity index (χ2v) is 6.08. The first kappa shape index (κ1) is 15.6. The summed E-state index contributed by atoms with van der Waals surface area (Å²) in [6, 6.07) is 14.1. The Morgan fingerprint density at radius 2 is 1.72 bits per heavy atom. The minimum atomic E-state index is -0.238. The quantitative estimate of drug-likeness (QED) is 0.732. The number of fused-ring (bicyclic) bond motifs is 1. The molecule has 128 valence electrons. The Morgan fingerprint density at radius 1 is 1.00 bits per heavy atom. The van der Waals surface area contributed by atoms with Gasteiger partial charge in [-0.3, -0.25) is 4.79 Å². The SMILES string of the molecule is O=C(Cn1nnc2ccccc21)N1CCN(c2ccc(F)cc2)CC1. The summed E-state index contributed by atoms with van der Waals surface area (Å²) >= 11 is 0. The number of hydrogen-bond donors (Lipinski definition) is 0. The number of anilines is 1. The average Bonchev–Trinajstić information content (AvgIpc) is 3.06. The van der Waals surface area contributed by atoms with Crippen LogP contribution in [0.4, 0.5) is 10.1 Å². The van der Waals surface area contributed by atoms with Gasteiger partial charge in [0.15, 0.2) is 0 Å². The van der Waals surface area contributed by atoms with E-state index in [0.29, 0.717) is 13.1 Å². The largest absolute Gasteiger partial charge is 0.368 e. The van der Waals surface area contributed by atoms with Crippen LogP contribution >= 0.6 is 0 Å². The van der Waals surface area contributed by atoms with Crippen molar-refractivity contribution in [3.8, 4) is 0 Å². The molecule has 2 aromatic carbocycles.